The number of carbonyl (C=O) groups is 2. The molecule has 2 aromatic rings. The van der Waals surface area contributed by atoms with Crippen molar-refractivity contribution in [3.8, 4) is 5.75 Å². The first-order valence-electron chi connectivity index (χ1n) is 7.57. The summed E-state index contributed by atoms with van der Waals surface area (Å²) in [7, 11) is 1.56. The minimum absolute atomic E-state index is 0.287. The highest BCUT2D eigenvalue weighted by Gasteiger charge is 2.37. The molecule has 3 rings (SSSR count). The number of hydrogen-bond acceptors (Lipinski definition) is 3. The van der Waals surface area contributed by atoms with Crippen molar-refractivity contribution >= 4 is 17.5 Å². The van der Waals surface area contributed by atoms with Crippen molar-refractivity contribution in [1.82, 2.24) is 5.32 Å². The van der Waals surface area contributed by atoms with Gasteiger partial charge < -0.3 is 15.4 Å². The second-order valence-corrected chi connectivity index (χ2v) is 5.62. The molecule has 124 valence electrons. The van der Waals surface area contributed by atoms with Crippen LogP contribution in [0.3, 0.4) is 0 Å². The Hall–Kier alpha value is -2.89. The van der Waals surface area contributed by atoms with Crippen LogP contribution in [0.1, 0.15) is 18.0 Å². The van der Waals surface area contributed by atoms with Crippen LogP contribution >= 0.6 is 0 Å². The second-order valence-electron chi connectivity index (χ2n) is 5.62. The Morgan fingerprint density at radius 2 is 1.83 bits per heavy atom. The van der Waals surface area contributed by atoms with E-state index >= 15 is 0 Å². The monoisotopic (exact) mass is 328 g/mol. The molecule has 0 aromatic heterocycles. The highest BCUT2D eigenvalue weighted by Crippen LogP contribution is 2.29. The lowest BCUT2D eigenvalue weighted by molar-refractivity contribution is -0.130. The predicted molar refractivity (Wildman–Crippen MR) is 87.0 cm³/mol. The van der Waals surface area contributed by atoms with Crippen molar-refractivity contribution in [2.24, 2.45) is 5.92 Å². The molecule has 2 unspecified atom stereocenters. The highest BCUT2D eigenvalue weighted by molar-refractivity contribution is 6.07. The maximum atomic E-state index is 13.0. The third kappa shape index (κ3) is 3.37. The van der Waals surface area contributed by atoms with E-state index in [0.717, 1.165) is 5.56 Å². The van der Waals surface area contributed by atoms with Gasteiger partial charge in [0.2, 0.25) is 11.8 Å². The fourth-order valence-corrected chi connectivity index (χ4v) is 2.72. The number of halogens is 1. The molecule has 0 bridgehead atoms. The molecule has 1 aliphatic rings. The first kappa shape index (κ1) is 16.0. The normalized spacial score (nSPS) is 19.7. The van der Waals surface area contributed by atoms with Gasteiger partial charge in [-0.3, -0.25) is 9.59 Å². The molecule has 0 radical (unpaired) electrons. The van der Waals surface area contributed by atoms with Crippen LogP contribution in [0.15, 0.2) is 48.5 Å². The minimum Gasteiger partial charge on any atom is -0.497 e. The number of methoxy groups -OCH3 is 1. The summed E-state index contributed by atoms with van der Waals surface area (Å²) in [5.41, 5.74) is 1.38. The molecular weight excluding hydrogens is 311 g/mol. The van der Waals surface area contributed by atoms with Gasteiger partial charge in [0.15, 0.2) is 0 Å². The summed E-state index contributed by atoms with van der Waals surface area (Å²) in [6.07, 6.45) is 0.340. The van der Waals surface area contributed by atoms with Gasteiger partial charge in [-0.05, 0) is 48.4 Å². The van der Waals surface area contributed by atoms with Crippen molar-refractivity contribution in [3.63, 3.8) is 0 Å². The molecule has 2 atom stereocenters. The van der Waals surface area contributed by atoms with Crippen LogP contribution in [0.25, 0.3) is 0 Å². The smallest absolute Gasteiger partial charge is 0.237 e. The van der Waals surface area contributed by atoms with Gasteiger partial charge in [0.05, 0.1) is 13.2 Å². The number of hydrogen-bond donors (Lipinski definition) is 2. The van der Waals surface area contributed by atoms with Crippen molar-refractivity contribution in [2.75, 3.05) is 12.4 Å². The maximum absolute atomic E-state index is 13.0. The number of benzene rings is 2. The van der Waals surface area contributed by atoms with Gasteiger partial charge in [0.1, 0.15) is 17.5 Å². The van der Waals surface area contributed by atoms with Crippen LogP contribution < -0.4 is 15.4 Å². The standard InChI is InChI=1S/C18H17FN2O3/c1-24-14-8-6-13(7-9-14)20-17(22)15-10-16(21-18(15)23)11-2-4-12(19)5-3-11/h2-9,15-16H,10H2,1H3,(H,20,22)(H,21,23). The number of nitrogens with one attached hydrogen (secondary N) is 2. The van der Waals surface area contributed by atoms with Crippen LogP contribution in [0.2, 0.25) is 0 Å². The van der Waals surface area contributed by atoms with Gasteiger partial charge in [0.25, 0.3) is 0 Å². The van der Waals surface area contributed by atoms with Gasteiger partial charge in [-0.2, -0.15) is 0 Å². The molecule has 5 nitrogen and oxygen atoms in total. The van der Waals surface area contributed by atoms with Gasteiger partial charge in [-0.15, -0.1) is 0 Å². The second kappa shape index (κ2) is 6.70. The van der Waals surface area contributed by atoms with Gasteiger partial charge in [0, 0.05) is 5.69 Å². The first-order chi connectivity index (χ1) is 11.6. The summed E-state index contributed by atoms with van der Waals surface area (Å²) >= 11 is 0. The van der Waals surface area contributed by atoms with E-state index in [2.05, 4.69) is 10.6 Å². The summed E-state index contributed by atoms with van der Waals surface area (Å²) in [6.45, 7) is 0. The first-order valence-corrected chi connectivity index (χ1v) is 7.57. The zero-order valence-electron chi connectivity index (χ0n) is 13.1. The quantitative estimate of drug-likeness (QED) is 0.848. The summed E-state index contributed by atoms with van der Waals surface area (Å²) in [6, 6.07) is 12.5. The fourth-order valence-electron chi connectivity index (χ4n) is 2.72. The molecule has 0 spiro atoms. The van der Waals surface area contributed by atoms with Crippen molar-refractivity contribution in [1.29, 1.82) is 0 Å². The van der Waals surface area contributed by atoms with Crippen molar-refractivity contribution in [3.05, 3.63) is 59.9 Å². The predicted octanol–water partition coefficient (Wildman–Crippen LogP) is 2.65. The number of rotatable bonds is 4. The largest absolute Gasteiger partial charge is 0.497 e. The lowest BCUT2D eigenvalue weighted by Gasteiger charge is -2.11. The maximum Gasteiger partial charge on any atom is 0.237 e. The van der Waals surface area contributed by atoms with Crippen LogP contribution in [-0.2, 0) is 9.59 Å². The Bertz CT molecular complexity index is 744. The van der Waals surface area contributed by atoms with Crippen molar-refractivity contribution < 1.29 is 18.7 Å². The molecule has 1 heterocycles. The molecule has 1 fully saturated rings. The average molecular weight is 328 g/mol. The Labute approximate surface area is 138 Å². The summed E-state index contributed by atoms with van der Waals surface area (Å²) < 4.78 is 18.1. The summed E-state index contributed by atoms with van der Waals surface area (Å²) in [4.78, 5) is 24.4. The topological polar surface area (TPSA) is 67.4 Å². The zero-order chi connectivity index (χ0) is 17.1. The third-order valence-electron chi connectivity index (χ3n) is 4.05. The Morgan fingerprint density at radius 3 is 2.46 bits per heavy atom. The third-order valence-corrected chi connectivity index (χ3v) is 4.05. The van der Waals surface area contributed by atoms with E-state index in [9.17, 15) is 14.0 Å². The van der Waals surface area contributed by atoms with E-state index in [1.165, 1.54) is 12.1 Å². The SMILES string of the molecule is COc1ccc(NC(=O)C2CC(c3ccc(F)cc3)NC2=O)cc1. The van der Waals surface area contributed by atoms with Gasteiger partial charge >= 0.3 is 0 Å². The lowest BCUT2D eigenvalue weighted by Crippen LogP contribution is -2.30. The summed E-state index contributed by atoms with van der Waals surface area (Å²) in [5, 5.41) is 5.51. The molecule has 0 aliphatic carbocycles. The van der Waals surface area contributed by atoms with Gasteiger partial charge in [-0.25, -0.2) is 4.39 Å². The van der Waals surface area contributed by atoms with E-state index in [-0.39, 0.29) is 23.7 Å². The van der Waals surface area contributed by atoms with E-state index in [1.807, 2.05) is 0 Å². The zero-order valence-corrected chi connectivity index (χ0v) is 13.1. The van der Waals surface area contributed by atoms with Gasteiger partial charge in [-0.1, -0.05) is 12.1 Å². The summed E-state index contributed by atoms with van der Waals surface area (Å²) in [5.74, 6) is -1.11. The Morgan fingerprint density at radius 1 is 1.17 bits per heavy atom. The van der Waals surface area contributed by atoms with E-state index < -0.39 is 5.92 Å². The number of anilines is 1. The van der Waals surface area contributed by atoms with E-state index in [1.54, 1.807) is 43.5 Å². The number of ether oxygens (including phenoxy) is 1. The van der Waals surface area contributed by atoms with E-state index in [4.69, 9.17) is 4.74 Å². The van der Waals surface area contributed by atoms with Crippen LogP contribution in [0.4, 0.5) is 10.1 Å². The molecular formula is C18H17FN2O3. The molecule has 6 heteroatoms. The average Bonchev–Trinajstić information content (AvgIpc) is 2.98. The Kier molecular flexibility index (Phi) is 4.46. The molecule has 0 saturated carbocycles. The van der Waals surface area contributed by atoms with E-state index in [0.29, 0.717) is 17.9 Å². The number of amides is 2. The molecule has 1 aliphatic heterocycles. The minimum atomic E-state index is -0.776. The van der Waals surface area contributed by atoms with Crippen LogP contribution in [0.5, 0.6) is 5.75 Å². The number of carbonyl (C=O) groups excluding carboxylic acids is 2. The highest BCUT2D eigenvalue weighted by atomic mass is 19.1. The lowest BCUT2D eigenvalue weighted by atomic mass is 9.99. The molecule has 2 amide bonds. The van der Waals surface area contributed by atoms with Crippen LogP contribution in [-0.4, -0.2) is 18.9 Å². The molecule has 2 N–H and O–H groups in total. The molecule has 2 aromatic carbocycles. The molecule has 1 saturated heterocycles. The van der Waals surface area contributed by atoms with Crippen LogP contribution in [0, 0.1) is 11.7 Å². The fraction of sp³-hybridized carbons (Fsp3) is 0.222. The molecule has 24 heavy (non-hydrogen) atoms. The van der Waals surface area contributed by atoms with Crippen molar-refractivity contribution in [2.45, 2.75) is 12.5 Å². The Balaban J connectivity index is 1.66.